The van der Waals surface area contributed by atoms with Crippen molar-refractivity contribution in [3.8, 4) is 11.1 Å². The molecule has 2 aromatic rings. The summed E-state index contributed by atoms with van der Waals surface area (Å²) in [4.78, 5) is 45.8. The van der Waals surface area contributed by atoms with Crippen LogP contribution in [0.5, 0.6) is 0 Å². The van der Waals surface area contributed by atoms with Gasteiger partial charge in [0, 0.05) is 5.56 Å². The first-order valence-electron chi connectivity index (χ1n) is 6.45. The van der Waals surface area contributed by atoms with Gasteiger partial charge in [0.15, 0.2) is 0 Å². The van der Waals surface area contributed by atoms with Gasteiger partial charge in [-0.25, -0.2) is 19.2 Å². The maximum atomic E-state index is 11.6. The molecule has 0 bridgehead atoms. The van der Waals surface area contributed by atoms with E-state index in [0.717, 1.165) is 0 Å². The quantitative estimate of drug-likeness (QED) is 0.630. The SMILES string of the molecule is Cl.O=C(O)c1cc(C(=O)O)c(-c2ccccc2)c(C(=O)O)c1C(=O)O. The van der Waals surface area contributed by atoms with E-state index in [2.05, 4.69) is 0 Å². The Morgan fingerprint density at radius 3 is 1.52 bits per heavy atom. The second-order valence-corrected chi connectivity index (χ2v) is 4.68. The lowest BCUT2D eigenvalue weighted by atomic mass is 9.87. The van der Waals surface area contributed by atoms with Crippen LogP contribution in [0.3, 0.4) is 0 Å². The van der Waals surface area contributed by atoms with Crippen LogP contribution in [0.2, 0.25) is 0 Å². The number of rotatable bonds is 5. The van der Waals surface area contributed by atoms with Gasteiger partial charge in [-0.05, 0) is 11.6 Å². The van der Waals surface area contributed by atoms with Crippen molar-refractivity contribution in [3.63, 3.8) is 0 Å². The predicted octanol–water partition coefficient (Wildman–Crippen LogP) is 2.57. The molecule has 0 saturated heterocycles. The van der Waals surface area contributed by atoms with Crippen LogP contribution in [0.25, 0.3) is 11.1 Å². The van der Waals surface area contributed by atoms with E-state index in [-0.39, 0.29) is 23.5 Å². The highest BCUT2D eigenvalue weighted by molar-refractivity contribution is 6.16. The molecule has 0 saturated carbocycles. The number of hydrogen-bond donors (Lipinski definition) is 4. The van der Waals surface area contributed by atoms with Gasteiger partial charge in [-0.1, -0.05) is 30.3 Å². The molecule has 0 aliphatic rings. The lowest BCUT2D eigenvalue weighted by Crippen LogP contribution is -2.19. The molecule has 0 unspecified atom stereocenters. The molecule has 4 N–H and O–H groups in total. The summed E-state index contributed by atoms with van der Waals surface area (Å²) < 4.78 is 0. The molecule has 130 valence electrons. The summed E-state index contributed by atoms with van der Waals surface area (Å²) in [7, 11) is 0. The molecule has 8 nitrogen and oxygen atoms in total. The fourth-order valence-corrected chi connectivity index (χ4v) is 2.36. The Hall–Kier alpha value is -3.39. The largest absolute Gasteiger partial charge is 0.478 e. The zero-order valence-electron chi connectivity index (χ0n) is 12.3. The molecule has 0 fully saturated rings. The Kier molecular flexibility index (Phi) is 5.86. The number of carbonyl (C=O) groups is 4. The second-order valence-electron chi connectivity index (χ2n) is 4.68. The lowest BCUT2D eigenvalue weighted by Gasteiger charge is -2.15. The molecule has 25 heavy (non-hydrogen) atoms. The van der Waals surface area contributed by atoms with Gasteiger partial charge >= 0.3 is 23.9 Å². The second kappa shape index (κ2) is 7.45. The third-order valence-electron chi connectivity index (χ3n) is 3.28. The minimum absolute atomic E-state index is 0. The predicted molar refractivity (Wildman–Crippen MR) is 87.0 cm³/mol. The van der Waals surface area contributed by atoms with Crippen molar-refractivity contribution in [3.05, 3.63) is 58.7 Å². The Morgan fingerprint density at radius 1 is 0.640 bits per heavy atom. The van der Waals surface area contributed by atoms with Crippen molar-refractivity contribution in [2.75, 3.05) is 0 Å². The summed E-state index contributed by atoms with van der Waals surface area (Å²) in [5.41, 5.74) is -3.59. The smallest absolute Gasteiger partial charge is 0.337 e. The summed E-state index contributed by atoms with van der Waals surface area (Å²) in [6.07, 6.45) is 0. The van der Waals surface area contributed by atoms with Crippen molar-refractivity contribution in [1.29, 1.82) is 0 Å². The zero-order valence-corrected chi connectivity index (χ0v) is 13.1. The topological polar surface area (TPSA) is 149 Å². The van der Waals surface area contributed by atoms with Crippen LogP contribution in [-0.4, -0.2) is 44.3 Å². The molecule has 2 rings (SSSR count). The molecular formula is C16H11ClO8. The summed E-state index contributed by atoms with van der Waals surface area (Å²) in [6.45, 7) is 0. The number of aromatic carboxylic acids is 4. The van der Waals surface area contributed by atoms with E-state index in [1.54, 1.807) is 6.07 Å². The molecule has 0 spiro atoms. The molecule has 9 heteroatoms. The van der Waals surface area contributed by atoms with Crippen molar-refractivity contribution < 1.29 is 39.6 Å². The molecule has 0 atom stereocenters. The number of halogens is 1. The van der Waals surface area contributed by atoms with Crippen LogP contribution in [-0.2, 0) is 0 Å². The van der Waals surface area contributed by atoms with E-state index >= 15 is 0 Å². The van der Waals surface area contributed by atoms with Crippen molar-refractivity contribution in [2.24, 2.45) is 0 Å². The molecule has 0 amide bonds. The average Bonchev–Trinajstić information content (AvgIpc) is 2.53. The molecule has 0 aromatic heterocycles. The number of carboxylic acids is 4. The summed E-state index contributed by atoms with van der Waals surface area (Å²) in [5.74, 6) is -6.83. The Labute approximate surface area is 146 Å². The molecule has 0 radical (unpaired) electrons. The maximum Gasteiger partial charge on any atom is 0.337 e. The number of carboxylic acid groups (broad SMARTS) is 4. The van der Waals surface area contributed by atoms with E-state index in [1.165, 1.54) is 24.3 Å². The van der Waals surface area contributed by atoms with Gasteiger partial charge in [0.1, 0.15) is 0 Å². The number of hydrogen-bond acceptors (Lipinski definition) is 4. The van der Waals surface area contributed by atoms with E-state index < -0.39 is 46.1 Å². The van der Waals surface area contributed by atoms with E-state index in [9.17, 15) is 34.5 Å². The summed E-state index contributed by atoms with van der Waals surface area (Å²) in [5, 5.41) is 37.2. The van der Waals surface area contributed by atoms with Gasteiger partial charge in [0.05, 0.1) is 22.3 Å². The third-order valence-corrected chi connectivity index (χ3v) is 3.28. The standard InChI is InChI=1S/C16H10O8.ClH/c17-13(18)8-6-9(14(19)20)11(15(21)22)12(16(23)24)10(8)7-4-2-1-3-5-7;/h1-6H,(H,17,18)(H,19,20)(H,21,22)(H,23,24);1H. The minimum atomic E-state index is -1.78. The normalized spacial score (nSPS) is 9.76. The highest BCUT2D eigenvalue weighted by Gasteiger charge is 2.31. The van der Waals surface area contributed by atoms with Gasteiger partial charge in [-0.2, -0.15) is 0 Å². The van der Waals surface area contributed by atoms with Crippen LogP contribution in [0.4, 0.5) is 0 Å². The van der Waals surface area contributed by atoms with Crippen LogP contribution in [0.1, 0.15) is 41.4 Å². The molecule has 0 aliphatic carbocycles. The first-order valence-corrected chi connectivity index (χ1v) is 6.45. The molecule has 0 heterocycles. The molecule has 2 aromatic carbocycles. The Morgan fingerprint density at radius 2 is 1.12 bits per heavy atom. The first-order chi connectivity index (χ1) is 11.3. The van der Waals surface area contributed by atoms with E-state index in [0.29, 0.717) is 6.07 Å². The van der Waals surface area contributed by atoms with E-state index in [1.807, 2.05) is 0 Å². The van der Waals surface area contributed by atoms with Gasteiger partial charge in [0.2, 0.25) is 0 Å². The van der Waals surface area contributed by atoms with Crippen LogP contribution in [0.15, 0.2) is 36.4 Å². The summed E-state index contributed by atoms with van der Waals surface area (Å²) in [6, 6.07) is 8.09. The van der Waals surface area contributed by atoms with Crippen LogP contribution >= 0.6 is 12.4 Å². The molecular weight excluding hydrogens is 356 g/mol. The fraction of sp³-hybridized carbons (Fsp3) is 0. The van der Waals surface area contributed by atoms with Gasteiger partial charge in [-0.3, -0.25) is 0 Å². The van der Waals surface area contributed by atoms with Crippen molar-refractivity contribution in [2.45, 2.75) is 0 Å². The fourth-order valence-electron chi connectivity index (χ4n) is 2.36. The van der Waals surface area contributed by atoms with Gasteiger partial charge in [-0.15, -0.1) is 12.4 Å². The van der Waals surface area contributed by atoms with Crippen molar-refractivity contribution in [1.82, 2.24) is 0 Å². The zero-order chi connectivity index (χ0) is 18.0. The molecule has 0 aliphatic heterocycles. The third kappa shape index (κ3) is 3.59. The first kappa shape index (κ1) is 19.7. The lowest BCUT2D eigenvalue weighted by molar-refractivity contribution is 0.0632. The van der Waals surface area contributed by atoms with Gasteiger partial charge < -0.3 is 20.4 Å². The Balaban J connectivity index is 0.00000312. The maximum absolute atomic E-state index is 11.6. The van der Waals surface area contributed by atoms with Crippen molar-refractivity contribution >= 4 is 36.3 Å². The Bertz CT molecular complexity index is 873. The minimum Gasteiger partial charge on any atom is -0.478 e. The van der Waals surface area contributed by atoms with Crippen LogP contribution < -0.4 is 0 Å². The van der Waals surface area contributed by atoms with Gasteiger partial charge in [0.25, 0.3) is 0 Å². The number of benzene rings is 2. The summed E-state index contributed by atoms with van der Waals surface area (Å²) >= 11 is 0. The monoisotopic (exact) mass is 366 g/mol. The highest BCUT2D eigenvalue weighted by atomic mass is 35.5. The highest BCUT2D eigenvalue weighted by Crippen LogP contribution is 2.33. The van der Waals surface area contributed by atoms with E-state index in [4.69, 9.17) is 5.11 Å². The average molecular weight is 367 g/mol. The van der Waals surface area contributed by atoms with Crippen LogP contribution in [0, 0.1) is 0 Å².